The highest BCUT2D eigenvalue weighted by Crippen LogP contribution is 2.35. The van der Waals surface area contributed by atoms with Gasteiger partial charge in [0.1, 0.15) is 21.8 Å². The Morgan fingerprint density at radius 1 is 1.03 bits per heavy atom. The lowest BCUT2D eigenvalue weighted by Gasteiger charge is -2.19. The van der Waals surface area contributed by atoms with Crippen molar-refractivity contribution < 1.29 is 4.79 Å². The highest BCUT2D eigenvalue weighted by atomic mass is 32.2. The van der Waals surface area contributed by atoms with Crippen molar-refractivity contribution in [3.63, 3.8) is 0 Å². The maximum atomic E-state index is 13.3. The summed E-state index contributed by atoms with van der Waals surface area (Å²) in [5, 5.41) is 13.1. The van der Waals surface area contributed by atoms with Crippen LogP contribution in [-0.2, 0) is 24.2 Å². The molecule has 0 saturated carbocycles. The standard InChI is InChI=1S/C29H28N4O2S2/c1-3-32-26(31-16-14-21-10-6-4-7-11-21)23(20(2)24(19-30)27(32)34)18-25-28(35)33(29(36)37-25)17-15-22-12-8-5-9-13-22/h4-13,18,31H,3,14-17H2,1-2H3/b25-18+. The Hall–Kier alpha value is -3.67. The van der Waals surface area contributed by atoms with Gasteiger partial charge in [0, 0.05) is 25.2 Å². The maximum Gasteiger partial charge on any atom is 0.270 e. The lowest BCUT2D eigenvalue weighted by atomic mass is 10.0. The molecule has 6 nitrogen and oxygen atoms in total. The molecule has 0 bridgehead atoms. The van der Waals surface area contributed by atoms with Crippen molar-refractivity contribution in [2.75, 3.05) is 18.4 Å². The van der Waals surface area contributed by atoms with Gasteiger partial charge >= 0.3 is 0 Å². The summed E-state index contributed by atoms with van der Waals surface area (Å²) < 4.78 is 2.08. The van der Waals surface area contributed by atoms with Crippen molar-refractivity contribution in [3.05, 3.63) is 104 Å². The summed E-state index contributed by atoms with van der Waals surface area (Å²) >= 11 is 6.79. The molecule has 0 aliphatic carbocycles. The Bertz CT molecular complexity index is 1440. The molecule has 37 heavy (non-hydrogen) atoms. The van der Waals surface area contributed by atoms with E-state index in [0.29, 0.717) is 52.2 Å². The van der Waals surface area contributed by atoms with Crippen molar-refractivity contribution >= 4 is 46.1 Å². The number of carbonyl (C=O) groups is 1. The van der Waals surface area contributed by atoms with Crippen molar-refractivity contribution in [1.82, 2.24) is 9.47 Å². The topological polar surface area (TPSA) is 78.1 Å². The van der Waals surface area contributed by atoms with Crippen molar-refractivity contribution in [2.45, 2.75) is 33.2 Å². The Balaban J connectivity index is 1.66. The van der Waals surface area contributed by atoms with Gasteiger partial charge in [0.15, 0.2) is 0 Å². The van der Waals surface area contributed by atoms with E-state index in [-0.39, 0.29) is 17.0 Å². The van der Waals surface area contributed by atoms with E-state index < -0.39 is 0 Å². The number of pyridine rings is 1. The van der Waals surface area contributed by atoms with Crippen molar-refractivity contribution in [2.24, 2.45) is 0 Å². The number of nitrogens with one attached hydrogen (secondary N) is 1. The van der Waals surface area contributed by atoms with Gasteiger partial charge in [0.05, 0.1) is 4.91 Å². The van der Waals surface area contributed by atoms with Crippen LogP contribution >= 0.6 is 24.0 Å². The fourth-order valence-electron chi connectivity index (χ4n) is 4.33. The molecule has 1 fully saturated rings. The second kappa shape index (κ2) is 12.0. The van der Waals surface area contributed by atoms with Crippen LogP contribution in [0, 0.1) is 18.3 Å². The van der Waals surface area contributed by atoms with E-state index in [4.69, 9.17) is 12.2 Å². The summed E-state index contributed by atoms with van der Waals surface area (Å²) in [4.78, 5) is 28.5. The average molecular weight is 529 g/mol. The summed E-state index contributed by atoms with van der Waals surface area (Å²) in [6.45, 7) is 5.09. The van der Waals surface area contributed by atoms with Crippen LogP contribution < -0.4 is 10.9 Å². The van der Waals surface area contributed by atoms with Crippen molar-refractivity contribution in [3.8, 4) is 6.07 Å². The maximum absolute atomic E-state index is 13.3. The number of thioether (sulfide) groups is 1. The molecule has 1 aromatic heterocycles. The largest absolute Gasteiger partial charge is 0.371 e. The predicted molar refractivity (Wildman–Crippen MR) is 154 cm³/mol. The molecule has 2 aromatic carbocycles. The summed E-state index contributed by atoms with van der Waals surface area (Å²) in [7, 11) is 0. The second-order valence-corrected chi connectivity index (χ2v) is 10.3. The minimum Gasteiger partial charge on any atom is -0.371 e. The number of carbonyl (C=O) groups excluding carboxylic acids is 1. The van der Waals surface area contributed by atoms with Gasteiger partial charge in [-0.05, 0) is 49.5 Å². The molecule has 1 N–H and O–H groups in total. The predicted octanol–water partition coefficient (Wildman–Crippen LogP) is 5.15. The van der Waals surface area contributed by atoms with Crippen LogP contribution in [0.25, 0.3) is 6.08 Å². The van der Waals surface area contributed by atoms with E-state index >= 15 is 0 Å². The first-order valence-corrected chi connectivity index (χ1v) is 13.4. The van der Waals surface area contributed by atoms with Crippen LogP contribution in [-0.4, -0.2) is 32.8 Å². The fourth-order valence-corrected chi connectivity index (χ4v) is 5.62. The Labute approximate surface area is 226 Å². The monoisotopic (exact) mass is 528 g/mol. The van der Waals surface area contributed by atoms with Crippen LogP contribution in [0.5, 0.6) is 0 Å². The summed E-state index contributed by atoms with van der Waals surface area (Å²) in [6, 6.07) is 22.1. The fraction of sp³-hybridized carbons (Fsp3) is 0.241. The molecule has 1 amide bonds. The number of nitriles is 1. The molecule has 0 radical (unpaired) electrons. The van der Waals surface area contributed by atoms with Gasteiger partial charge in [-0.1, -0.05) is 84.6 Å². The number of rotatable bonds is 9. The zero-order valence-corrected chi connectivity index (χ0v) is 22.5. The first-order chi connectivity index (χ1) is 17.9. The van der Waals surface area contributed by atoms with Gasteiger partial charge in [-0.2, -0.15) is 5.26 Å². The lowest BCUT2D eigenvalue weighted by Crippen LogP contribution is -2.30. The third-order valence-corrected chi connectivity index (χ3v) is 7.73. The summed E-state index contributed by atoms with van der Waals surface area (Å²) in [5.41, 5.74) is 3.27. The number of nitrogens with zero attached hydrogens (tertiary/aromatic N) is 3. The Morgan fingerprint density at radius 2 is 1.65 bits per heavy atom. The Morgan fingerprint density at radius 3 is 2.24 bits per heavy atom. The number of thiocarbonyl (C=S) groups is 1. The smallest absolute Gasteiger partial charge is 0.270 e. The number of hydrogen-bond acceptors (Lipinski definition) is 6. The highest BCUT2D eigenvalue weighted by Gasteiger charge is 2.32. The molecule has 8 heteroatoms. The summed E-state index contributed by atoms with van der Waals surface area (Å²) in [6.07, 6.45) is 3.23. The van der Waals surface area contributed by atoms with Crippen molar-refractivity contribution in [1.29, 1.82) is 5.26 Å². The van der Waals surface area contributed by atoms with Gasteiger partial charge in [-0.25, -0.2) is 0 Å². The normalized spacial score (nSPS) is 14.3. The molecule has 188 valence electrons. The minimum atomic E-state index is -0.336. The summed E-state index contributed by atoms with van der Waals surface area (Å²) in [5.74, 6) is 0.447. The second-order valence-electron chi connectivity index (χ2n) is 8.65. The molecule has 0 atom stereocenters. The number of benzene rings is 2. The van der Waals surface area contributed by atoms with Crippen LogP contribution in [0.4, 0.5) is 5.82 Å². The average Bonchev–Trinajstić information content (AvgIpc) is 3.18. The van der Waals surface area contributed by atoms with Crippen LogP contribution in [0.2, 0.25) is 0 Å². The van der Waals surface area contributed by atoms with Crippen LogP contribution in [0.3, 0.4) is 0 Å². The lowest BCUT2D eigenvalue weighted by molar-refractivity contribution is -0.122. The van der Waals surface area contributed by atoms with E-state index in [2.05, 4.69) is 23.5 Å². The minimum absolute atomic E-state index is 0.0845. The number of aromatic nitrogens is 1. The molecule has 3 aromatic rings. The van der Waals surface area contributed by atoms with E-state index in [1.165, 1.54) is 17.3 Å². The van der Waals surface area contributed by atoms with Gasteiger partial charge in [0.2, 0.25) is 0 Å². The molecule has 0 unspecified atom stereocenters. The number of hydrogen-bond donors (Lipinski definition) is 1. The third kappa shape index (κ3) is 5.85. The molecule has 4 rings (SSSR count). The van der Waals surface area contributed by atoms with E-state index in [1.54, 1.807) is 22.5 Å². The highest BCUT2D eigenvalue weighted by molar-refractivity contribution is 8.26. The molecule has 1 aliphatic rings. The molecular weight excluding hydrogens is 500 g/mol. The van der Waals surface area contributed by atoms with Crippen LogP contribution in [0.15, 0.2) is 70.4 Å². The number of anilines is 1. The SMILES string of the molecule is CCn1c(NCCc2ccccc2)c(/C=C2/SC(=S)N(CCc3ccccc3)C2=O)c(C)c(C#N)c1=O. The quantitative estimate of drug-likeness (QED) is 0.306. The van der Waals surface area contributed by atoms with Gasteiger partial charge in [0.25, 0.3) is 11.5 Å². The first kappa shape index (κ1) is 26.4. The van der Waals surface area contributed by atoms with Gasteiger partial charge in [-0.3, -0.25) is 19.1 Å². The first-order valence-electron chi connectivity index (χ1n) is 12.2. The Kier molecular flexibility index (Phi) is 8.59. The zero-order chi connectivity index (χ0) is 26.4. The van der Waals surface area contributed by atoms with Gasteiger partial charge in [-0.15, -0.1) is 0 Å². The number of amides is 1. The molecular formula is C29H28N4O2S2. The molecule has 0 spiro atoms. The van der Waals surface area contributed by atoms with E-state index in [9.17, 15) is 14.9 Å². The van der Waals surface area contributed by atoms with E-state index in [1.807, 2.05) is 55.5 Å². The third-order valence-electron chi connectivity index (χ3n) is 6.36. The zero-order valence-electron chi connectivity index (χ0n) is 20.9. The van der Waals surface area contributed by atoms with E-state index in [0.717, 1.165) is 12.0 Å². The van der Waals surface area contributed by atoms with Gasteiger partial charge < -0.3 is 5.32 Å². The molecule has 1 aliphatic heterocycles. The molecule has 1 saturated heterocycles. The van der Waals surface area contributed by atoms with Crippen LogP contribution in [0.1, 0.15) is 34.7 Å². The molecule has 2 heterocycles.